The van der Waals surface area contributed by atoms with Gasteiger partial charge in [0.25, 0.3) is 0 Å². The van der Waals surface area contributed by atoms with Crippen molar-refractivity contribution in [3.8, 4) is 11.8 Å². The highest BCUT2D eigenvalue weighted by atomic mass is 16.3. The minimum absolute atomic E-state index is 0.201. The minimum Gasteiger partial charge on any atom is -0.507 e. The number of nitrogens with zero attached hydrogens (tertiary/aromatic N) is 1. The first-order valence-electron chi connectivity index (χ1n) is 3.60. The van der Waals surface area contributed by atoms with Crippen LogP contribution in [0.25, 0.3) is 6.08 Å². The van der Waals surface area contributed by atoms with E-state index in [1.165, 1.54) is 6.08 Å². The Bertz CT molecular complexity index is 347. The normalized spacial score (nSPS) is 10.0. The molecule has 0 radical (unpaired) electrons. The topological polar surface area (TPSA) is 44.0 Å². The van der Waals surface area contributed by atoms with E-state index in [4.69, 9.17) is 5.26 Å². The van der Waals surface area contributed by atoms with Gasteiger partial charge in [-0.2, -0.15) is 5.26 Å². The maximum Gasteiger partial charge on any atom is 0.122 e. The molecule has 1 rings (SSSR count). The minimum atomic E-state index is 0.201. The molecule has 1 aromatic rings. The number of phenols is 1. The molecular formula is C10H9NO. The van der Waals surface area contributed by atoms with E-state index in [1.54, 1.807) is 12.1 Å². The van der Waals surface area contributed by atoms with E-state index in [0.29, 0.717) is 5.56 Å². The average molecular weight is 159 g/mol. The number of rotatable bonds is 1. The van der Waals surface area contributed by atoms with E-state index < -0.39 is 0 Å². The third-order valence-electron chi connectivity index (χ3n) is 1.52. The summed E-state index contributed by atoms with van der Waals surface area (Å²) in [6.45, 7) is 1.93. The van der Waals surface area contributed by atoms with E-state index >= 15 is 0 Å². The third-order valence-corrected chi connectivity index (χ3v) is 1.52. The van der Waals surface area contributed by atoms with Gasteiger partial charge in [-0.3, -0.25) is 0 Å². The van der Waals surface area contributed by atoms with Crippen LogP contribution in [-0.2, 0) is 0 Å². The first kappa shape index (κ1) is 8.35. The van der Waals surface area contributed by atoms with Gasteiger partial charge in [0.05, 0.1) is 6.07 Å². The predicted molar refractivity (Wildman–Crippen MR) is 47.5 cm³/mol. The molecule has 0 atom stereocenters. The number of phenolic OH excluding ortho intramolecular Hbond substituents is 1. The molecule has 2 heteroatoms. The largest absolute Gasteiger partial charge is 0.507 e. The molecule has 0 saturated carbocycles. The van der Waals surface area contributed by atoms with E-state index in [9.17, 15) is 5.11 Å². The van der Waals surface area contributed by atoms with E-state index in [1.807, 2.05) is 25.1 Å². The van der Waals surface area contributed by atoms with Gasteiger partial charge in [0, 0.05) is 11.6 Å². The molecular weight excluding hydrogens is 150 g/mol. The lowest BCUT2D eigenvalue weighted by atomic mass is 10.1. The molecule has 2 nitrogen and oxygen atoms in total. The van der Waals surface area contributed by atoms with Gasteiger partial charge in [-0.1, -0.05) is 11.6 Å². The second-order valence-electron chi connectivity index (χ2n) is 2.52. The van der Waals surface area contributed by atoms with Crippen LogP contribution in [0.2, 0.25) is 0 Å². The maximum absolute atomic E-state index is 9.30. The van der Waals surface area contributed by atoms with Crippen molar-refractivity contribution >= 4 is 6.08 Å². The van der Waals surface area contributed by atoms with Crippen molar-refractivity contribution < 1.29 is 5.11 Å². The fourth-order valence-corrected chi connectivity index (χ4v) is 0.934. The monoisotopic (exact) mass is 159 g/mol. The highest BCUT2D eigenvalue weighted by Crippen LogP contribution is 2.19. The van der Waals surface area contributed by atoms with Crippen LogP contribution in [0.15, 0.2) is 24.3 Å². The van der Waals surface area contributed by atoms with Gasteiger partial charge in [0.15, 0.2) is 0 Å². The highest BCUT2D eigenvalue weighted by molar-refractivity contribution is 5.59. The molecule has 1 aromatic carbocycles. The van der Waals surface area contributed by atoms with Crippen LogP contribution < -0.4 is 0 Å². The lowest BCUT2D eigenvalue weighted by molar-refractivity contribution is 0.474. The smallest absolute Gasteiger partial charge is 0.122 e. The van der Waals surface area contributed by atoms with E-state index in [2.05, 4.69) is 0 Å². The van der Waals surface area contributed by atoms with Crippen LogP contribution in [0.4, 0.5) is 0 Å². The lowest BCUT2D eigenvalue weighted by Gasteiger charge is -1.98. The van der Waals surface area contributed by atoms with Crippen molar-refractivity contribution in [2.45, 2.75) is 6.92 Å². The summed E-state index contributed by atoms with van der Waals surface area (Å²) in [6.07, 6.45) is 2.93. The van der Waals surface area contributed by atoms with Crippen LogP contribution in [0.5, 0.6) is 5.75 Å². The Kier molecular flexibility index (Phi) is 2.49. The number of hydrogen-bond donors (Lipinski definition) is 1. The second-order valence-corrected chi connectivity index (χ2v) is 2.52. The van der Waals surface area contributed by atoms with E-state index in [-0.39, 0.29) is 5.75 Å². The number of hydrogen-bond acceptors (Lipinski definition) is 2. The van der Waals surface area contributed by atoms with Gasteiger partial charge in [-0.25, -0.2) is 0 Å². The summed E-state index contributed by atoms with van der Waals surface area (Å²) in [4.78, 5) is 0. The Morgan fingerprint density at radius 2 is 2.25 bits per heavy atom. The molecule has 0 saturated heterocycles. The number of aromatic hydroxyl groups is 1. The zero-order valence-corrected chi connectivity index (χ0v) is 6.78. The zero-order valence-electron chi connectivity index (χ0n) is 6.78. The standard InChI is InChI=1S/C10H9NO/c1-8-4-5-10(12)9(7-8)3-2-6-11/h2-5,7,12H,1H3. The van der Waals surface area contributed by atoms with Gasteiger partial charge in [-0.05, 0) is 25.1 Å². The molecule has 0 aliphatic rings. The third kappa shape index (κ3) is 1.86. The summed E-state index contributed by atoms with van der Waals surface area (Å²) in [5.41, 5.74) is 1.74. The first-order chi connectivity index (χ1) is 5.74. The van der Waals surface area contributed by atoms with Gasteiger partial charge < -0.3 is 5.11 Å². The molecule has 0 aliphatic heterocycles. The SMILES string of the molecule is Cc1ccc(O)c(C=CC#N)c1. The number of nitriles is 1. The maximum atomic E-state index is 9.30. The van der Waals surface area contributed by atoms with Crippen LogP contribution in [0, 0.1) is 18.3 Å². The molecule has 0 heterocycles. The first-order valence-corrected chi connectivity index (χ1v) is 3.60. The van der Waals surface area contributed by atoms with Crippen LogP contribution in [-0.4, -0.2) is 5.11 Å². The molecule has 0 fully saturated rings. The quantitative estimate of drug-likeness (QED) is 0.638. The molecule has 12 heavy (non-hydrogen) atoms. The van der Waals surface area contributed by atoms with Crippen LogP contribution in [0.1, 0.15) is 11.1 Å². The van der Waals surface area contributed by atoms with Crippen molar-refractivity contribution in [1.82, 2.24) is 0 Å². The summed E-state index contributed by atoms with van der Waals surface area (Å²) < 4.78 is 0. The number of aryl methyl sites for hydroxylation is 1. The van der Waals surface area contributed by atoms with Gasteiger partial charge in [-0.15, -0.1) is 0 Å². The van der Waals surface area contributed by atoms with Crippen LogP contribution >= 0.6 is 0 Å². The molecule has 0 aromatic heterocycles. The van der Waals surface area contributed by atoms with Crippen molar-refractivity contribution in [1.29, 1.82) is 5.26 Å². The average Bonchev–Trinajstić information content (AvgIpc) is 2.07. The Hall–Kier alpha value is -1.75. The summed E-state index contributed by atoms with van der Waals surface area (Å²) in [7, 11) is 0. The molecule has 0 amide bonds. The Balaban J connectivity index is 3.07. The zero-order chi connectivity index (χ0) is 8.97. The van der Waals surface area contributed by atoms with E-state index in [0.717, 1.165) is 5.56 Å². The summed E-state index contributed by atoms with van der Waals surface area (Å²) >= 11 is 0. The molecule has 0 spiro atoms. The van der Waals surface area contributed by atoms with Crippen molar-refractivity contribution in [2.75, 3.05) is 0 Å². The number of benzene rings is 1. The lowest BCUT2D eigenvalue weighted by Crippen LogP contribution is -1.76. The summed E-state index contributed by atoms with van der Waals surface area (Å²) in [5.74, 6) is 0.201. The van der Waals surface area contributed by atoms with Crippen LogP contribution in [0.3, 0.4) is 0 Å². The Morgan fingerprint density at radius 1 is 1.50 bits per heavy atom. The highest BCUT2D eigenvalue weighted by Gasteiger charge is 1.95. The van der Waals surface area contributed by atoms with Crippen molar-refractivity contribution in [2.24, 2.45) is 0 Å². The molecule has 1 N–H and O–H groups in total. The van der Waals surface area contributed by atoms with Crippen molar-refractivity contribution in [3.63, 3.8) is 0 Å². The predicted octanol–water partition coefficient (Wildman–Crippen LogP) is 2.24. The second kappa shape index (κ2) is 3.59. The number of allylic oxidation sites excluding steroid dienone is 1. The fraction of sp³-hybridized carbons (Fsp3) is 0.100. The van der Waals surface area contributed by atoms with Gasteiger partial charge in [0.2, 0.25) is 0 Å². The summed E-state index contributed by atoms with van der Waals surface area (Å²) in [6, 6.07) is 7.13. The Morgan fingerprint density at radius 3 is 2.92 bits per heavy atom. The Labute approximate surface area is 71.4 Å². The van der Waals surface area contributed by atoms with Crippen molar-refractivity contribution in [3.05, 3.63) is 35.4 Å². The molecule has 60 valence electrons. The van der Waals surface area contributed by atoms with Gasteiger partial charge in [0.1, 0.15) is 5.75 Å². The molecule has 0 unspecified atom stereocenters. The molecule has 0 bridgehead atoms. The van der Waals surface area contributed by atoms with Gasteiger partial charge >= 0.3 is 0 Å². The summed E-state index contributed by atoms with van der Waals surface area (Å²) in [5, 5.41) is 17.6. The fourth-order valence-electron chi connectivity index (χ4n) is 0.934. The molecule has 0 aliphatic carbocycles.